The van der Waals surface area contributed by atoms with Crippen LogP contribution in [0.5, 0.6) is 5.75 Å². The predicted octanol–water partition coefficient (Wildman–Crippen LogP) is 2.02. The summed E-state index contributed by atoms with van der Waals surface area (Å²) in [6, 6.07) is 3.17. The van der Waals surface area contributed by atoms with Crippen LogP contribution in [0.1, 0.15) is 5.56 Å². The third kappa shape index (κ3) is 2.39. The molecule has 0 atom stereocenters. The Hall–Kier alpha value is -0.740. The number of phenolic OH excluding ortho intramolecular Hbond substituents is 1. The van der Waals surface area contributed by atoms with Crippen LogP contribution in [0.2, 0.25) is 0 Å². The summed E-state index contributed by atoms with van der Waals surface area (Å²) in [7, 11) is 1.83. The second-order valence-corrected chi connectivity index (χ2v) is 3.76. The number of hydrogen-bond donors (Lipinski definition) is 2. The van der Waals surface area contributed by atoms with Crippen molar-refractivity contribution in [3.8, 4) is 5.75 Å². The van der Waals surface area contributed by atoms with Gasteiger partial charge in [-0.2, -0.15) is 0 Å². The molecule has 2 N–H and O–H groups in total. The van der Waals surface area contributed by atoms with Crippen molar-refractivity contribution in [2.24, 2.45) is 0 Å². The Morgan fingerprint density at radius 3 is 2.79 bits per heavy atom. The highest BCUT2D eigenvalue weighted by Gasteiger charge is 2.11. The first kappa shape index (κ1) is 11.3. The molecule has 0 bridgehead atoms. The van der Waals surface area contributed by atoms with Crippen LogP contribution in [-0.4, -0.2) is 25.0 Å². The molecule has 0 aromatic heterocycles. The maximum atomic E-state index is 13.6. The topological polar surface area (TPSA) is 32.3 Å². The average molecular weight is 215 g/mol. The third-order valence-electron chi connectivity index (χ3n) is 2.00. The molecule has 0 spiro atoms. The lowest BCUT2D eigenvalue weighted by Crippen LogP contribution is -2.11. The molecule has 0 saturated heterocycles. The summed E-state index contributed by atoms with van der Waals surface area (Å²) in [5, 5.41) is 12.3. The second-order valence-electron chi connectivity index (χ2n) is 2.94. The zero-order valence-corrected chi connectivity index (χ0v) is 9.12. The fraction of sp³-hybridized carbons (Fsp3) is 0.400. The second kappa shape index (κ2) is 5.22. The van der Waals surface area contributed by atoms with Crippen LogP contribution in [0.4, 0.5) is 4.39 Å². The van der Waals surface area contributed by atoms with Crippen LogP contribution in [0.25, 0.3) is 0 Å². The van der Waals surface area contributed by atoms with E-state index in [4.69, 9.17) is 0 Å². The smallest absolute Gasteiger partial charge is 0.143 e. The van der Waals surface area contributed by atoms with Crippen LogP contribution in [-0.2, 0) is 6.42 Å². The Morgan fingerprint density at radius 1 is 1.50 bits per heavy atom. The fourth-order valence-electron chi connectivity index (χ4n) is 1.23. The largest absolute Gasteiger partial charge is 0.507 e. The van der Waals surface area contributed by atoms with Crippen LogP contribution in [0, 0.1) is 5.82 Å². The van der Waals surface area contributed by atoms with E-state index < -0.39 is 0 Å². The summed E-state index contributed by atoms with van der Waals surface area (Å²) in [6.07, 6.45) is 2.39. The van der Waals surface area contributed by atoms with Crippen LogP contribution < -0.4 is 5.32 Å². The Morgan fingerprint density at radius 2 is 2.21 bits per heavy atom. The molecule has 2 nitrogen and oxygen atoms in total. The van der Waals surface area contributed by atoms with E-state index in [-0.39, 0.29) is 11.6 Å². The lowest BCUT2D eigenvalue weighted by Gasteiger charge is -2.08. The number of aromatic hydroxyl groups is 1. The van der Waals surface area contributed by atoms with E-state index in [1.807, 2.05) is 7.05 Å². The molecule has 0 aliphatic rings. The number of rotatable bonds is 4. The van der Waals surface area contributed by atoms with Gasteiger partial charge in [0.2, 0.25) is 0 Å². The molecular formula is C10H14FNOS. The van der Waals surface area contributed by atoms with Gasteiger partial charge in [0.1, 0.15) is 11.6 Å². The monoisotopic (exact) mass is 215 g/mol. The molecule has 14 heavy (non-hydrogen) atoms. The number of likely N-dealkylation sites (N-methyl/N-ethyl adjacent to an activating group) is 1. The Kier molecular flexibility index (Phi) is 4.22. The van der Waals surface area contributed by atoms with E-state index >= 15 is 0 Å². The summed E-state index contributed by atoms with van der Waals surface area (Å²) in [5.74, 6) is -0.282. The molecule has 1 aromatic carbocycles. The zero-order chi connectivity index (χ0) is 10.6. The van der Waals surface area contributed by atoms with Gasteiger partial charge in [0, 0.05) is 0 Å². The van der Waals surface area contributed by atoms with Crippen LogP contribution >= 0.6 is 11.8 Å². The normalized spacial score (nSPS) is 10.5. The van der Waals surface area contributed by atoms with Crippen LogP contribution in [0.3, 0.4) is 0 Å². The van der Waals surface area contributed by atoms with Gasteiger partial charge >= 0.3 is 0 Å². The summed E-state index contributed by atoms with van der Waals surface area (Å²) >= 11 is 1.22. The standard InChI is InChI=1S/C10H14FNOS/c1-12-6-5-7-3-4-8(13)10(14-2)9(7)11/h3-4,12-13H,5-6H2,1-2H3. The van der Waals surface area contributed by atoms with Gasteiger partial charge in [-0.15, -0.1) is 11.8 Å². The predicted molar refractivity (Wildman–Crippen MR) is 57.5 cm³/mol. The number of thioether (sulfide) groups is 1. The molecule has 0 radical (unpaired) electrons. The highest BCUT2D eigenvalue weighted by molar-refractivity contribution is 7.98. The Bertz CT molecular complexity index is 317. The zero-order valence-electron chi connectivity index (χ0n) is 8.30. The van der Waals surface area contributed by atoms with Gasteiger partial charge in [-0.3, -0.25) is 0 Å². The fourth-order valence-corrected chi connectivity index (χ4v) is 1.82. The highest BCUT2D eigenvalue weighted by Crippen LogP contribution is 2.31. The lowest BCUT2D eigenvalue weighted by molar-refractivity contribution is 0.447. The number of benzene rings is 1. The van der Waals surface area contributed by atoms with Gasteiger partial charge < -0.3 is 10.4 Å². The number of hydrogen-bond acceptors (Lipinski definition) is 3. The van der Waals surface area contributed by atoms with Gasteiger partial charge in [-0.1, -0.05) is 6.07 Å². The SMILES string of the molecule is CNCCc1ccc(O)c(SC)c1F. The Balaban J connectivity index is 2.96. The van der Waals surface area contributed by atoms with Crippen LogP contribution in [0.15, 0.2) is 17.0 Å². The van der Waals surface area contributed by atoms with Crippen molar-refractivity contribution in [2.45, 2.75) is 11.3 Å². The summed E-state index contributed by atoms with van der Waals surface area (Å²) in [5.41, 5.74) is 0.640. The molecule has 4 heteroatoms. The van der Waals surface area contributed by atoms with E-state index in [9.17, 15) is 9.50 Å². The molecule has 0 unspecified atom stereocenters. The summed E-state index contributed by atoms with van der Waals surface area (Å²) < 4.78 is 13.6. The number of phenols is 1. The van der Waals surface area contributed by atoms with Crippen molar-refractivity contribution in [1.29, 1.82) is 0 Å². The van der Waals surface area contributed by atoms with Gasteiger partial charge in [0.25, 0.3) is 0 Å². The van der Waals surface area contributed by atoms with E-state index in [0.717, 1.165) is 6.54 Å². The molecule has 0 aliphatic heterocycles. The molecular weight excluding hydrogens is 201 g/mol. The molecule has 1 rings (SSSR count). The number of nitrogens with one attached hydrogen (secondary N) is 1. The van der Waals surface area contributed by atoms with Crippen molar-refractivity contribution in [3.63, 3.8) is 0 Å². The molecule has 1 aromatic rings. The minimum atomic E-state index is -0.298. The van der Waals surface area contributed by atoms with Gasteiger partial charge in [0.05, 0.1) is 4.90 Å². The highest BCUT2D eigenvalue weighted by atomic mass is 32.2. The van der Waals surface area contributed by atoms with Crippen molar-refractivity contribution >= 4 is 11.8 Å². The first-order valence-electron chi connectivity index (χ1n) is 4.39. The molecule has 0 amide bonds. The van der Waals surface area contributed by atoms with Crippen molar-refractivity contribution in [1.82, 2.24) is 5.32 Å². The summed E-state index contributed by atoms with van der Waals surface area (Å²) in [4.78, 5) is 0.332. The molecule has 0 aliphatic carbocycles. The number of halogens is 1. The van der Waals surface area contributed by atoms with Gasteiger partial charge in [-0.05, 0) is 37.9 Å². The lowest BCUT2D eigenvalue weighted by atomic mass is 10.1. The maximum Gasteiger partial charge on any atom is 0.143 e. The van der Waals surface area contributed by atoms with Gasteiger partial charge in [0.15, 0.2) is 0 Å². The van der Waals surface area contributed by atoms with Crippen molar-refractivity contribution in [3.05, 3.63) is 23.5 Å². The Labute approximate surface area is 87.5 Å². The summed E-state index contributed by atoms with van der Waals surface area (Å²) in [6.45, 7) is 0.732. The average Bonchev–Trinajstić information content (AvgIpc) is 2.18. The maximum absolute atomic E-state index is 13.6. The molecule has 78 valence electrons. The molecule has 0 heterocycles. The van der Waals surface area contributed by atoms with E-state index in [1.54, 1.807) is 18.4 Å². The minimum Gasteiger partial charge on any atom is -0.507 e. The first-order chi connectivity index (χ1) is 6.70. The minimum absolute atomic E-state index is 0.0169. The van der Waals surface area contributed by atoms with Crippen molar-refractivity contribution < 1.29 is 9.50 Å². The molecule has 0 saturated carbocycles. The van der Waals surface area contributed by atoms with Gasteiger partial charge in [-0.25, -0.2) is 4.39 Å². The quantitative estimate of drug-likeness (QED) is 0.754. The van der Waals surface area contributed by atoms with E-state index in [1.165, 1.54) is 11.8 Å². The first-order valence-corrected chi connectivity index (χ1v) is 5.62. The third-order valence-corrected chi connectivity index (χ3v) is 2.80. The molecule has 0 fully saturated rings. The van der Waals surface area contributed by atoms with Crippen molar-refractivity contribution in [2.75, 3.05) is 19.8 Å². The van der Waals surface area contributed by atoms with E-state index in [2.05, 4.69) is 5.32 Å². The van der Waals surface area contributed by atoms with E-state index in [0.29, 0.717) is 16.9 Å².